The van der Waals surface area contributed by atoms with Gasteiger partial charge in [0.15, 0.2) is 0 Å². The summed E-state index contributed by atoms with van der Waals surface area (Å²) in [6, 6.07) is 9.96. The highest BCUT2D eigenvalue weighted by molar-refractivity contribution is 5.96. The van der Waals surface area contributed by atoms with Gasteiger partial charge in [0.25, 0.3) is 5.91 Å². The first-order valence-electron chi connectivity index (χ1n) is 8.77. The Kier molecular flexibility index (Phi) is 5.67. The smallest absolute Gasteiger partial charge is 0.338 e. The van der Waals surface area contributed by atoms with Crippen LogP contribution in [0.4, 0.5) is 23.2 Å². The number of carbonyl (C=O) groups excluding carboxylic acids is 2. The molecule has 1 aliphatic rings. The van der Waals surface area contributed by atoms with E-state index in [4.69, 9.17) is 0 Å². The van der Waals surface area contributed by atoms with Crippen LogP contribution in [0.15, 0.2) is 48.5 Å². The number of nitrogens with one attached hydrogen (secondary N) is 1. The lowest BCUT2D eigenvalue weighted by Gasteiger charge is -2.32. The first kappa shape index (κ1) is 19.9. The van der Waals surface area contributed by atoms with E-state index in [-0.39, 0.29) is 17.8 Å². The summed E-state index contributed by atoms with van der Waals surface area (Å²) in [6.45, 7) is 0.411. The molecule has 1 N–H and O–H groups in total. The second kappa shape index (κ2) is 8.00. The molecule has 0 aliphatic carbocycles. The summed E-state index contributed by atoms with van der Waals surface area (Å²) in [5.74, 6) is -2.12. The summed E-state index contributed by atoms with van der Waals surface area (Å²) < 4.78 is 52.3. The predicted octanol–water partition coefficient (Wildman–Crippen LogP) is 4.34. The first-order chi connectivity index (χ1) is 13.3. The number of likely N-dealkylation sites (tertiary alicyclic amines) is 1. The number of hydrogen-bond acceptors (Lipinski definition) is 2. The fourth-order valence-corrected chi connectivity index (χ4v) is 3.18. The molecule has 3 rings (SSSR count). The summed E-state index contributed by atoms with van der Waals surface area (Å²) in [7, 11) is 0. The highest BCUT2D eigenvalue weighted by Gasteiger charge is 2.33. The zero-order valence-electron chi connectivity index (χ0n) is 14.8. The molecule has 1 fully saturated rings. The van der Waals surface area contributed by atoms with Crippen LogP contribution >= 0.6 is 0 Å². The summed E-state index contributed by atoms with van der Waals surface area (Å²) in [5.41, 5.74) is -0.928. The van der Waals surface area contributed by atoms with E-state index in [1.54, 1.807) is 6.07 Å². The van der Waals surface area contributed by atoms with Crippen molar-refractivity contribution in [3.63, 3.8) is 0 Å². The second-order valence-corrected chi connectivity index (χ2v) is 6.64. The Balaban J connectivity index is 1.70. The molecule has 0 spiro atoms. The average Bonchev–Trinajstić information content (AvgIpc) is 2.68. The number of carbonyl (C=O) groups is 2. The van der Waals surface area contributed by atoms with Crippen LogP contribution in [0, 0.1) is 11.7 Å². The second-order valence-electron chi connectivity index (χ2n) is 6.64. The van der Waals surface area contributed by atoms with Gasteiger partial charge >= 0.3 is 6.18 Å². The van der Waals surface area contributed by atoms with Gasteiger partial charge in [0.1, 0.15) is 5.82 Å². The van der Waals surface area contributed by atoms with Crippen molar-refractivity contribution in [2.24, 2.45) is 5.92 Å². The number of amides is 2. The van der Waals surface area contributed by atoms with E-state index in [2.05, 4.69) is 5.32 Å². The largest absolute Gasteiger partial charge is 0.416 e. The third-order valence-electron chi connectivity index (χ3n) is 4.65. The number of rotatable bonds is 3. The van der Waals surface area contributed by atoms with Crippen LogP contribution in [0.2, 0.25) is 0 Å². The lowest BCUT2D eigenvalue weighted by atomic mass is 9.96. The molecule has 0 unspecified atom stereocenters. The number of halogens is 4. The normalized spacial score (nSPS) is 17.3. The highest BCUT2D eigenvalue weighted by atomic mass is 19.4. The van der Waals surface area contributed by atoms with Gasteiger partial charge in [-0.05, 0) is 43.2 Å². The third kappa shape index (κ3) is 4.49. The van der Waals surface area contributed by atoms with Crippen molar-refractivity contribution in [2.45, 2.75) is 19.0 Å². The van der Waals surface area contributed by atoms with Gasteiger partial charge < -0.3 is 10.2 Å². The highest BCUT2D eigenvalue weighted by Crippen LogP contribution is 2.30. The maximum absolute atomic E-state index is 13.7. The van der Waals surface area contributed by atoms with Crippen molar-refractivity contribution in [3.8, 4) is 0 Å². The minimum absolute atomic E-state index is 0.0498. The molecular formula is C20H18F4N2O2. The Hall–Kier alpha value is -2.90. The molecule has 0 radical (unpaired) electrons. The Labute approximate surface area is 159 Å². The monoisotopic (exact) mass is 394 g/mol. The summed E-state index contributed by atoms with van der Waals surface area (Å²) >= 11 is 0. The van der Waals surface area contributed by atoms with Crippen LogP contribution in [0.5, 0.6) is 0 Å². The third-order valence-corrected chi connectivity index (χ3v) is 4.65. The van der Waals surface area contributed by atoms with Crippen molar-refractivity contribution < 1.29 is 27.2 Å². The number of hydrogen-bond donors (Lipinski definition) is 1. The molecule has 0 saturated carbocycles. The fraction of sp³-hybridized carbons (Fsp3) is 0.300. The van der Waals surface area contributed by atoms with Crippen LogP contribution in [0.3, 0.4) is 0 Å². The van der Waals surface area contributed by atoms with E-state index < -0.39 is 35.3 Å². The van der Waals surface area contributed by atoms with Crippen molar-refractivity contribution in [3.05, 3.63) is 65.5 Å². The molecule has 1 heterocycles. The van der Waals surface area contributed by atoms with Crippen LogP contribution in [-0.2, 0) is 11.0 Å². The van der Waals surface area contributed by atoms with Crippen LogP contribution < -0.4 is 5.32 Å². The minimum atomic E-state index is -4.54. The van der Waals surface area contributed by atoms with Crippen LogP contribution in [-0.4, -0.2) is 29.8 Å². The molecule has 28 heavy (non-hydrogen) atoms. The number of benzene rings is 2. The van der Waals surface area contributed by atoms with E-state index in [9.17, 15) is 27.2 Å². The standard InChI is InChI=1S/C20H18F4N2O2/c21-16-8-1-2-9-17(16)25-18(27)14-6-4-10-26(12-14)19(28)13-5-3-7-15(11-13)20(22,23)24/h1-3,5,7-9,11,14H,4,6,10,12H2,(H,25,27)/t14-/m1/s1. The average molecular weight is 394 g/mol. The van der Waals surface area contributed by atoms with Gasteiger partial charge in [-0.1, -0.05) is 18.2 Å². The molecule has 1 aliphatic heterocycles. The van der Waals surface area contributed by atoms with Gasteiger partial charge in [-0.2, -0.15) is 13.2 Å². The quantitative estimate of drug-likeness (QED) is 0.788. The molecule has 1 saturated heterocycles. The number of anilines is 1. The number of nitrogens with zero attached hydrogens (tertiary/aromatic N) is 1. The Morgan fingerprint density at radius 3 is 2.54 bits per heavy atom. The Morgan fingerprint density at radius 2 is 1.82 bits per heavy atom. The van der Waals surface area contributed by atoms with Crippen molar-refractivity contribution >= 4 is 17.5 Å². The van der Waals surface area contributed by atoms with Crippen molar-refractivity contribution in [2.75, 3.05) is 18.4 Å². The fourth-order valence-electron chi connectivity index (χ4n) is 3.18. The van der Waals surface area contributed by atoms with E-state index in [0.717, 1.165) is 12.1 Å². The van der Waals surface area contributed by atoms with Crippen molar-refractivity contribution in [1.82, 2.24) is 4.90 Å². The molecule has 2 amide bonds. The molecular weight excluding hydrogens is 376 g/mol. The van der Waals surface area contributed by atoms with Gasteiger partial charge in [0.2, 0.25) is 5.91 Å². The lowest BCUT2D eigenvalue weighted by Crippen LogP contribution is -2.43. The van der Waals surface area contributed by atoms with Crippen LogP contribution in [0.25, 0.3) is 0 Å². The number of para-hydroxylation sites is 1. The minimum Gasteiger partial charge on any atom is -0.338 e. The molecule has 4 nitrogen and oxygen atoms in total. The zero-order chi connectivity index (χ0) is 20.3. The van der Waals surface area contributed by atoms with Crippen molar-refractivity contribution in [1.29, 1.82) is 0 Å². The summed E-state index contributed by atoms with van der Waals surface area (Å²) in [4.78, 5) is 26.4. The van der Waals surface area contributed by atoms with Gasteiger partial charge in [0.05, 0.1) is 17.2 Å². The topological polar surface area (TPSA) is 49.4 Å². The maximum atomic E-state index is 13.7. The lowest BCUT2D eigenvalue weighted by molar-refractivity contribution is -0.137. The predicted molar refractivity (Wildman–Crippen MR) is 95.1 cm³/mol. The molecule has 2 aromatic rings. The van der Waals surface area contributed by atoms with E-state index in [1.807, 2.05) is 0 Å². The molecule has 148 valence electrons. The van der Waals surface area contributed by atoms with E-state index in [1.165, 1.54) is 35.2 Å². The number of alkyl halides is 3. The summed E-state index contributed by atoms with van der Waals surface area (Å²) in [6.07, 6.45) is -3.51. The van der Waals surface area contributed by atoms with Gasteiger partial charge in [-0.25, -0.2) is 4.39 Å². The first-order valence-corrected chi connectivity index (χ1v) is 8.77. The SMILES string of the molecule is O=C(Nc1ccccc1F)[C@@H]1CCCN(C(=O)c2cccc(C(F)(F)F)c2)C1. The van der Waals surface area contributed by atoms with E-state index in [0.29, 0.717) is 19.4 Å². The Morgan fingerprint density at radius 1 is 1.07 bits per heavy atom. The van der Waals surface area contributed by atoms with Crippen LogP contribution in [0.1, 0.15) is 28.8 Å². The molecule has 1 atom stereocenters. The molecule has 0 aromatic heterocycles. The van der Waals surface area contributed by atoms with Gasteiger partial charge in [0, 0.05) is 18.7 Å². The van der Waals surface area contributed by atoms with E-state index >= 15 is 0 Å². The molecule has 8 heteroatoms. The Bertz CT molecular complexity index is 883. The molecule has 2 aromatic carbocycles. The molecule has 0 bridgehead atoms. The van der Waals surface area contributed by atoms with Gasteiger partial charge in [-0.3, -0.25) is 9.59 Å². The zero-order valence-corrected chi connectivity index (χ0v) is 14.8. The van der Waals surface area contributed by atoms with Gasteiger partial charge in [-0.15, -0.1) is 0 Å². The maximum Gasteiger partial charge on any atom is 0.416 e. The number of piperidine rings is 1. The summed E-state index contributed by atoms with van der Waals surface area (Å²) in [5, 5.41) is 2.51.